The third-order valence-corrected chi connectivity index (χ3v) is 6.36. The maximum absolute atomic E-state index is 12.9. The number of nitrogens with zero attached hydrogens (tertiary/aromatic N) is 2. The first kappa shape index (κ1) is 15.6. The summed E-state index contributed by atoms with van der Waals surface area (Å²) >= 11 is 3.31. The van der Waals surface area contributed by atoms with Crippen molar-refractivity contribution in [3.8, 4) is 0 Å². The van der Waals surface area contributed by atoms with Crippen LogP contribution in [0, 0.1) is 6.92 Å². The zero-order chi connectivity index (χ0) is 15.7. The minimum absolute atomic E-state index is 0.132. The van der Waals surface area contributed by atoms with Crippen LogP contribution in [-0.4, -0.2) is 24.3 Å². The highest BCUT2D eigenvalue weighted by atomic mass is 79.9. The lowest BCUT2D eigenvalue weighted by molar-refractivity contribution is 0.396. The molecule has 0 saturated carbocycles. The molecule has 3 rings (SSSR count). The second kappa shape index (κ2) is 6.10. The van der Waals surface area contributed by atoms with Crippen LogP contribution in [0.2, 0.25) is 0 Å². The lowest BCUT2D eigenvalue weighted by atomic mass is 10.1. The Bertz CT molecular complexity index is 758. The second-order valence-corrected chi connectivity index (χ2v) is 8.20. The monoisotopic (exact) mass is 380 g/mol. The quantitative estimate of drug-likeness (QED) is 0.763. The van der Waals surface area contributed by atoms with Crippen LogP contribution in [-0.2, 0) is 10.0 Å². The maximum Gasteiger partial charge on any atom is 0.243 e. The zero-order valence-electron chi connectivity index (χ0n) is 12.2. The molecule has 0 unspecified atom stereocenters. The summed E-state index contributed by atoms with van der Waals surface area (Å²) in [4.78, 5) is 4.58. The number of halogens is 1. The van der Waals surface area contributed by atoms with Gasteiger partial charge in [-0.1, -0.05) is 23.8 Å². The third-order valence-electron chi connectivity index (χ3n) is 3.97. The SMILES string of the molecule is Cc1ccc(S(=O)(=O)N2CCC[C@H]2c2ccc(Br)nc2)cc1. The van der Waals surface area contributed by atoms with Gasteiger partial charge in [-0.25, -0.2) is 13.4 Å². The number of aromatic nitrogens is 1. The molecule has 1 atom stereocenters. The van der Waals surface area contributed by atoms with Gasteiger partial charge in [-0.15, -0.1) is 0 Å². The van der Waals surface area contributed by atoms with Crippen molar-refractivity contribution < 1.29 is 8.42 Å². The summed E-state index contributed by atoms with van der Waals surface area (Å²) in [5.41, 5.74) is 1.99. The molecule has 1 aliphatic heterocycles. The van der Waals surface area contributed by atoms with E-state index >= 15 is 0 Å². The van der Waals surface area contributed by atoms with Crippen molar-refractivity contribution in [2.75, 3.05) is 6.54 Å². The summed E-state index contributed by atoms with van der Waals surface area (Å²) in [6.45, 7) is 2.50. The summed E-state index contributed by atoms with van der Waals surface area (Å²) in [5, 5.41) is 0. The average molecular weight is 381 g/mol. The summed E-state index contributed by atoms with van der Waals surface area (Å²) in [6.07, 6.45) is 3.44. The molecule has 22 heavy (non-hydrogen) atoms. The van der Waals surface area contributed by atoms with E-state index in [2.05, 4.69) is 20.9 Å². The van der Waals surface area contributed by atoms with Crippen LogP contribution in [0.3, 0.4) is 0 Å². The first-order valence-electron chi connectivity index (χ1n) is 7.18. The summed E-state index contributed by atoms with van der Waals surface area (Å²) < 4.78 is 28.1. The number of pyridine rings is 1. The average Bonchev–Trinajstić information content (AvgIpc) is 2.99. The lowest BCUT2D eigenvalue weighted by Gasteiger charge is -2.24. The van der Waals surface area contributed by atoms with E-state index < -0.39 is 10.0 Å². The molecule has 0 radical (unpaired) electrons. The van der Waals surface area contributed by atoms with E-state index in [4.69, 9.17) is 0 Å². The molecule has 2 heterocycles. The Morgan fingerprint density at radius 2 is 1.91 bits per heavy atom. The van der Waals surface area contributed by atoms with Crippen LogP contribution in [0.5, 0.6) is 0 Å². The largest absolute Gasteiger partial charge is 0.249 e. The predicted octanol–water partition coefficient (Wildman–Crippen LogP) is 3.68. The molecular formula is C16H17BrN2O2S. The number of sulfonamides is 1. The van der Waals surface area contributed by atoms with Crippen LogP contribution >= 0.6 is 15.9 Å². The van der Waals surface area contributed by atoms with Crippen LogP contribution in [0.25, 0.3) is 0 Å². The number of benzene rings is 1. The fourth-order valence-electron chi connectivity index (χ4n) is 2.79. The van der Waals surface area contributed by atoms with Crippen molar-refractivity contribution in [2.45, 2.75) is 30.7 Å². The molecule has 0 N–H and O–H groups in total. The van der Waals surface area contributed by atoms with Gasteiger partial charge < -0.3 is 0 Å². The first-order valence-corrected chi connectivity index (χ1v) is 9.42. The normalized spacial score (nSPS) is 19.5. The van der Waals surface area contributed by atoms with Crippen molar-refractivity contribution in [2.24, 2.45) is 0 Å². The highest BCUT2D eigenvalue weighted by Gasteiger charge is 2.36. The van der Waals surface area contributed by atoms with Gasteiger partial charge in [0.15, 0.2) is 0 Å². The Morgan fingerprint density at radius 1 is 1.18 bits per heavy atom. The van der Waals surface area contributed by atoms with E-state index in [1.807, 2.05) is 31.2 Å². The Morgan fingerprint density at radius 3 is 2.55 bits per heavy atom. The fourth-order valence-corrected chi connectivity index (χ4v) is 4.71. The molecule has 1 aromatic carbocycles. The lowest BCUT2D eigenvalue weighted by Crippen LogP contribution is -2.30. The summed E-state index contributed by atoms with van der Waals surface area (Å²) in [7, 11) is -3.47. The number of aryl methyl sites for hydroxylation is 1. The topological polar surface area (TPSA) is 50.3 Å². The van der Waals surface area contributed by atoms with Crippen molar-refractivity contribution in [3.63, 3.8) is 0 Å². The highest BCUT2D eigenvalue weighted by Crippen LogP contribution is 2.36. The minimum Gasteiger partial charge on any atom is -0.249 e. The first-order chi connectivity index (χ1) is 10.5. The van der Waals surface area contributed by atoms with Gasteiger partial charge in [0.05, 0.1) is 10.9 Å². The van der Waals surface area contributed by atoms with Gasteiger partial charge in [-0.05, 0) is 59.5 Å². The van der Waals surface area contributed by atoms with Gasteiger partial charge in [0.2, 0.25) is 10.0 Å². The molecule has 2 aromatic rings. The van der Waals surface area contributed by atoms with Crippen molar-refractivity contribution in [1.82, 2.24) is 9.29 Å². The van der Waals surface area contributed by atoms with Gasteiger partial charge in [0.1, 0.15) is 4.60 Å². The predicted molar refractivity (Wildman–Crippen MR) is 89.0 cm³/mol. The van der Waals surface area contributed by atoms with Crippen LogP contribution in [0.1, 0.15) is 30.0 Å². The number of rotatable bonds is 3. The molecule has 1 aromatic heterocycles. The van der Waals surface area contributed by atoms with Gasteiger partial charge in [-0.3, -0.25) is 0 Å². The molecule has 6 heteroatoms. The minimum atomic E-state index is -3.47. The Hall–Kier alpha value is -1.24. The van der Waals surface area contributed by atoms with Crippen LogP contribution in [0.15, 0.2) is 52.1 Å². The van der Waals surface area contributed by atoms with E-state index in [9.17, 15) is 8.42 Å². The van der Waals surface area contributed by atoms with Crippen LogP contribution < -0.4 is 0 Å². The van der Waals surface area contributed by atoms with E-state index in [-0.39, 0.29) is 6.04 Å². The molecule has 0 aliphatic carbocycles. The molecule has 0 amide bonds. The van der Waals surface area contributed by atoms with E-state index in [1.165, 1.54) is 0 Å². The maximum atomic E-state index is 12.9. The van der Waals surface area contributed by atoms with Gasteiger partial charge in [0.25, 0.3) is 0 Å². The Balaban J connectivity index is 1.95. The third kappa shape index (κ3) is 2.95. The fraction of sp³-hybridized carbons (Fsp3) is 0.312. The second-order valence-electron chi connectivity index (χ2n) is 5.50. The number of hydrogen-bond acceptors (Lipinski definition) is 3. The summed E-state index contributed by atoms with van der Waals surface area (Å²) in [5.74, 6) is 0. The molecule has 1 aliphatic rings. The van der Waals surface area contributed by atoms with Crippen molar-refractivity contribution in [3.05, 3.63) is 58.3 Å². The number of hydrogen-bond donors (Lipinski definition) is 0. The zero-order valence-corrected chi connectivity index (χ0v) is 14.6. The molecule has 4 nitrogen and oxygen atoms in total. The summed E-state index contributed by atoms with van der Waals surface area (Å²) in [6, 6.07) is 10.7. The van der Waals surface area contributed by atoms with Gasteiger partial charge >= 0.3 is 0 Å². The van der Waals surface area contributed by atoms with Crippen molar-refractivity contribution in [1.29, 1.82) is 0 Å². The molecule has 116 valence electrons. The molecule has 1 saturated heterocycles. The van der Waals surface area contributed by atoms with Gasteiger partial charge in [0, 0.05) is 12.7 Å². The molecule has 0 spiro atoms. The molecule has 1 fully saturated rings. The highest BCUT2D eigenvalue weighted by molar-refractivity contribution is 9.10. The van der Waals surface area contributed by atoms with Crippen molar-refractivity contribution >= 4 is 26.0 Å². The van der Waals surface area contributed by atoms with E-state index in [0.29, 0.717) is 11.4 Å². The Kier molecular flexibility index (Phi) is 4.34. The van der Waals surface area contributed by atoms with E-state index in [1.54, 1.807) is 22.6 Å². The molecular weight excluding hydrogens is 364 g/mol. The smallest absolute Gasteiger partial charge is 0.243 e. The molecule has 0 bridgehead atoms. The van der Waals surface area contributed by atoms with Crippen LogP contribution in [0.4, 0.5) is 0 Å². The standard InChI is InChI=1S/C16H17BrN2O2S/c1-12-4-7-14(8-5-12)22(20,21)19-10-2-3-15(19)13-6-9-16(17)18-11-13/h4-9,11,15H,2-3,10H2,1H3/t15-/m0/s1. The Labute approximate surface area is 139 Å². The van der Waals surface area contributed by atoms with Gasteiger partial charge in [-0.2, -0.15) is 4.31 Å². The van der Waals surface area contributed by atoms with E-state index in [0.717, 1.165) is 28.6 Å².